The average molecular weight is 286 g/mol. The van der Waals surface area contributed by atoms with Crippen molar-refractivity contribution in [2.24, 2.45) is 0 Å². The molecule has 0 spiro atoms. The van der Waals surface area contributed by atoms with Crippen LogP contribution in [0.3, 0.4) is 0 Å². The van der Waals surface area contributed by atoms with Crippen molar-refractivity contribution in [3.05, 3.63) is 35.5 Å². The first-order valence-corrected chi connectivity index (χ1v) is 7.60. The van der Waals surface area contributed by atoms with Crippen molar-refractivity contribution in [2.75, 3.05) is 18.9 Å². The van der Waals surface area contributed by atoms with Crippen LogP contribution in [0.4, 0.5) is 5.88 Å². The summed E-state index contributed by atoms with van der Waals surface area (Å²) in [4.78, 5) is 0. The lowest BCUT2D eigenvalue weighted by molar-refractivity contribution is 0.0785. The van der Waals surface area contributed by atoms with Crippen LogP contribution in [0.1, 0.15) is 49.8 Å². The van der Waals surface area contributed by atoms with Gasteiger partial charge in [-0.25, -0.2) is 0 Å². The van der Waals surface area contributed by atoms with Crippen LogP contribution in [-0.4, -0.2) is 18.4 Å². The Morgan fingerprint density at radius 1 is 1.24 bits per heavy atom. The van der Waals surface area contributed by atoms with Crippen molar-refractivity contribution in [3.63, 3.8) is 0 Å². The molecule has 2 heterocycles. The summed E-state index contributed by atoms with van der Waals surface area (Å²) in [6, 6.07) is 8.50. The number of anilines is 1. The summed E-state index contributed by atoms with van der Waals surface area (Å²) >= 11 is 0. The van der Waals surface area contributed by atoms with Gasteiger partial charge in [0.25, 0.3) is 0 Å². The molecular weight excluding hydrogens is 264 g/mol. The lowest BCUT2D eigenvalue weighted by Gasteiger charge is -2.21. The van der Waals surface area contributed by atoms with Crippen molar-refractivity contribution in [1.29, 1.82) is 0 Å². The van der Waals surface area contributed by atoms with Crippen molar-refractivity contribution in [1.82, 2.24) is 5.16 Å². The Morgan fingerprint density at radius 2 is 2.00 bits per heavy atom. The van der Waals surface area contributed by atoms with Crippen LogP contribution in [0.5, 0.6) is 0 Å². The highest BCUT2D eigenvalue weighted by Gasteiger charge is 2.25. The molecule has 2 N–H and O–H groups in total. The molecule has 21 heavy (non-hydrogen) atoms. The molecule has 0 saturated carbocycles. The fourth-order valence-corrected chi connectivity index (χ4v) is 2.88. The van der Waals surface area contributed by atoms with Gasteiger partial charge in [-0.1, -0.05) is 43.3 Å². The summed E-state index contributed by atoms with van der Waals surface area (Å²) in [5, 5.41) is 4.19. The molecule has 2 aromatic rings. The molecule has 1 aliphatic heterocycles. The van der Waals surface area contributed by atoms with Gasteiger partial charge in [0.15, 0.2) is 0 Å². The summed E-state index contributed by atoms with van der Waals surface area (Å²) in [5.74, 6) is 1.19. The van der Waals surface area contributed by atoms with Gasteiger partial charge in [-0.05, 0) is 29.9 Å². The molecular formula is C17H22N2O2. The predicted molar refractivity (Wildman–Crippen MR) is 83.2 cm³/mol. The number of hydrogen-bond acceptors (Lipinski definition) is 4. The summed E-state index contributed by atoms with van der Waals surface area (Å²) in [5.41, 5.74) is 10.3. The topological polar surface area (TPSA) is 61.3 Å². The number of benzene rings is 1. The lowest BCUT2D eigenvalue weighted by atomic mass is 9.91. The molecule has 1 saturated heterocycles. The normalized spacial score (nSPS) is 19.1. The third-order valence-corrected chi connectivity index (χ3v) is 4.16. The smallest absolute Gasteiger partial charge is 0.230 e. The van der Waals surface area contributed by atoms with E-state index in [2.05, 4.69) is 43.3 Å². The van der Waals surface area contributed by atoms with Crippen LogP contribution >= 0.6 is 0 Å². The van der Waals surface area contributed by atoms with Crippen molar-refractivity contribution in [3.8, 4) is 11.1 Å². The number of ether oxygens (including phenoxy) is 1. The second kappa shape index (κ2) is 5.90. The number of rotatable bonds is 3. The molecule has 4 nitrogen and oxygen atoms in total. The van der Waals surface area contributed by atoms with Crippen molar-refractivity contribution in [2.45, 2.75) is 38.5 Å². The minimum atomic E-state index is 0.277. The van der Waals surface area contributed by atoms with Crippen molar-refractivity contribution >= 4 is 5.88 Å². The maximum absolute atomic E-state index is 6.01. The number of hydrogen-bond donors (Lipinski definition) is 1. The SMILES string of the molecule is CC(C)c1ccc(-c2c(C3CCCOC3)noc2N)cc1. The Labute approximate surface area is 125 Å². The van der Waals surface area contributed by atoms with Gasteiger partial charge in [-0.15, -0.1) is 0 Å². The van der Waals surface area contributed by atoms with Crippen molar-refractivity contribution < 1.29 is 9.26 Å². The fraction of sp³-hybridized carbons (Fsp3) is 0.471. The van der Waals surface area contributed by atoms with Gasteiger partial charge in [0.2, 0.25) is 5.88 Å². The van der Waals surface area contributed by atoms with Gasteiger partial charge in [-0.3, -0.25) is 0 Å². The quantitative estimate of drug-likeness (QED) is 0.928. The maximum Gasteiger partial charge on any atom is 0.230 e. The molecule has 1 fully saturated rings. The standard InChI is InChI=1S/C17H22N2O2/c1-11(2)12-5-7-13(8-6-12)15-16(19-21-17(15)18)14-4-3-9-20-10-14/h5-8,11,14H,3-4,9-10,18H2,1-2H3. The monoisotopic (exact) mass is 286 g/mol. The molecule has 0 radical (unpaired) electrons. The Bertz CT molecular complexity index is 596. The van der Waals surface area contributed by atoms with E-state index in [-0.39, 0.29) is 5.92 Å². The molecule has 1 aliphatic rings. The summed E-state index contributed by atoms with van der Waals surface area (Å²) in [6.07, 6.45) is 2.13. The van der Waals surface area contributed by atoms with Gasteiger partial charge < -0.3 is 15.0 Å². The van der Waals surface area contributed by atoms with E-state index in [9.17, 15) is 0 Å². The van der Waals surface area contributed by atoms with Gasteiger partial charge >= 0.3 is 0 Å². The highest BCUT2D eigenvalue weighted by molar-refractivity contribution is 5.75. The Balaban J connectivity index is 1.95. The van der Waals surface area contributed by atoms with Crippen LogP contribution in [-0.2, 0) is 4.74 Å². The zero-order chi connectivity index (χ0) is 14.8. The van der Waals surface area contributed by atoms with E-state index in [0.717, 1.165) is 36.3 Å². The Kier molecular flexibility index (Phi) is 3.97. The minimum absolute atomic E-state index is 0.277. The van der Waals surface area contributed by atoms with Crippen LogP contribution in [0.15, 0.2) is 28.8 Å². The largest absolute Gasteiger partial charge is 0.381 e. The van der Waals surface area contributed by atoms with E-state index in [1.807, 2.05) is 0 Å². The van der Waals surface area contributed by atoms with Crippen LogP contribution in [0.2, 0.25) is 0 Å². The highest BCUT2D eigenvalue weighted by Crippen LogP contribution is 2.37. The van der Waals surface area contributed by atoms with E-state index in [1.165, 1.54) is 5.56 Å². The molecule has 4 heteroatoms. The minimum Gasteiger partial charge on any atom is -0.381 e. The van der Waals surface area contributed by atoms with E-state index >= 15 is 0 Å². The van der Waals surface area contributed by atoms with E-state index < -0.39 is 0 Å². The second-order valence-corrected chi connectivity index (χ2v) is 6.00. The highest BCUT2D eigenvalue weighted by atomic mass is 16.5. The fourth-order valence-electron chi connectivity index (χ4n) is 2.88. The van der Waals surface area contributed by atoms with E-state index in [0.29, 0.717) is 18.4 Å². The number of nitrogen functional groups attached to an aromatic ring is 1. The molecule has 1 atom stereocenters. The van der Waals surface area contributed by atoms with Crippen LogP contribution in [0.25, 0.3) is 11.1 Å². The zero-order valence-corrected chi connectivity index (χ0v) is 12.6. The van der Waals surface area contributed by atoms with Crippen LogP contribution in [0, 0.1) is 0 Å². The van der Waals surface area contributed by atoms with Gasteiger partial charge in [0.1, 0.15) is 0 Å². The number of aromatic nitrogens is 1. The molecule has 0 amide bonds. The first-order chi connectivity index (χ1) is 10.2. The number of nitrogens with two attached hydrogens (primary N) is 1. The third-order valence-electron chi connectivity index (χ3n) is 4.16. The molecule has 112 valence electrons. The summed E-state index contributed by atoms with van der Waals surface area (Å²) in [7, 11) is 0. The molecule has 0 bridgehead atoms. The first kappa shape index (κ1) is 14.1. The Hall–Kier alpha value is -1.81. The summed E-state index contributed by atoms with van der Waals surface area (Å²) < 4.78 is 10.8. The predicted octanol–water partition coefficient (Wildman–Crippen LogP) is 3.94. The van der Waals surface area contributed by atoms with Crippen LogP contribution < -0.4 is 5.73 Å². The van der Waals surface area contributed by atoms with E-state index in [4.69, 9.17) is 15.0 Å². The van der Waals surface area contributed by atoms with Gasteiger partial charge in [0, 0.05) is 12.5 Å². The number of nitrogens with zero attached hydrogens (tertiary/aromatic N) is 1. The zero-order valence-electron chi connectivity index (χ0n) is 12.6. The van der Waals surface area contributed by atoms with E-state index in [1.54, 1.807) is 0 Å². The molecule has 1 aromatic carbocycles. The van der Waals surface area contributed by atoms with Gasteiger partial charge in [0.05, 0.1) is 17.9 Å². The first-order valence-electron chi connectivity index (χ1n) is 7.60. The molecule has 3 rings (SSSR count). The average Bonchev–Trinajstić information content (AvgIpc) is 2.90. The Morgan fingerprint density at radius 3 is 2.62 bits per heavy atom. The molecule has 1 aromatic heterocycles. The maximum atomic E-state index is 6.01. The molecule has 0 aliphatic carbocycles. The third kappa shape index (κ3) is 2.81. The summed E-state index contributed by atoms with van der Waals surface area (Å²) in [6.45, 7) is 5.91. The molecule has 1 unspecified atom stereocenters. The lowest BCUT2D eigenvalue weighted by Crippen LogP contribution is -2.16. The second-order valence-electron chi connectivity index (χ2n) is 6.00. The van der Waals surface area contributed by atoms with Gasteiger partial charge in [-0.2, -0.15) is 0 Å².